The predicted molar refractivity (Wildman–Crippen MR) is 66.3 cm³/mol. The van der Waals surface area contributed by atoms with Crippen molar-refractivity contribution in [3.8, 4) is 11.3 Å². The summed E-state index contributed by atoms with van der Waals surface area (Å²) in [4.78, 5) is 10.9. The molecule has 0 aliphatic rings. The van der Waals surface area contributed by atoms with Gasteiger partial charge >= 0.3 is 0 Å². The lowest BCUT2D eigenvalue weighted by Gasteiger charge is -1.98. The van der Waals surface area contributed by atoms with Crippen molar-refractivity contribution in [2.24, 2.45) is 7.05 Å². The zero-order valence-corrected chi connectivity index (χ0v) is 10.0. The van der Waals surface area contributed by atoms with Crippen LogP contribution in [0.2, 0.25) is 0 Å². The van der Waals surface area contributed by atoms with E-state index in [4.69, 9.17) is 0 Å². The fourth-order valence-electron chi connectivity index (χ4n) is 2.27. The maximum Gasteiger partial charge on any atom is 0.175 e. The average Bonchev–Trinajstić information content (AvgIpc) is 2.95. The first kappa shape index (κ1) is 10.7. The molecule has 2 aromatic heterocycles. The van der Waals surface area contributed by atoms with Crippen molar-refractivity contribution in [3.63, 3.8) is 0 Å². The summed E-state index contributed by atoms with van der Waals surface area (Å²) in [6, 6.07) is 7.97. The molecule has 0 atom stereocenters. The van der Waals surface area contributed by atoms with E-state index in [1.165, 1.54) is 0 Å². The Hall–Kier alpha value is -2.43. The zero-order chi connectivity index (χ0) is 12.7. The molecule has 90 valence electrons. The number of aromatic nitrogens is 3. The van der Waals surface area contributed by atoms with Crippen molar-refractivity contribution in [2.45, 2.75) is 6.92 Å². The lowest BCUT2D eigenvalue weighted by molar-refractivity contribution is 0.111. The molecule has 0 saturated heterocycles. The Kier molecular flexibility index (Phi) is 2.26. The number of aldehydes is 1. The molecule has 0 aliphatic carbocycles. The van der Waals surface area contributed by atoms with Gasteiger partial charge in [-0.05, 0) is 23.3 Å². The van der Waals surface area contributed by atoms with Gasteiger partial charge in [0.1, 0.15) is 5.69 Å². The smallest absolute Gasteiger partial charge is 0.175 e. The molecule has 2 heterocycles. The number of para-hydroxylation sites is 1. The molecule has 0 amide bonds. The topological polar surface area (TPSA) is 60.9 Å². The predicted octanol–water partition coefficient (Wildman–Crippen LogP) is 2.35. The molecule has 5 heteroatoms. The van der Waals surface area contributed by atoms with E-state index in [0.29, 0.717) is 12.0 Å². The van der Waals surface area contributed by atoms with Crippen molar-refractivity contribution < 1.29 is 9.42 Å². The molecule has 3 aromatic rings. The van der Waals surface area contributed by atoms with Crippen LogP contribution in [-0.4, -0.2) is 21.2 Å². The Morgan fingerprint density at radius 1 is 1.28 bits per heavy atom. The van der Waals surface area contributed by atoms with Crippen LogP contribution in [0.15, 0.2) is 28.9 Å². The third-order valence-corrected chi connectivity index (χ3v) is 3.26. The number of carbonyl (C=O) groups is 1. The van der Waals surface area contributed by atoms with Crippen LogP contribution in [0.3, 0.4) is 0 Å². The number of hydrogen-bond acceptors (Lipinski definition) is 4. The highest BCUT2D eigenvalue weighted by molar-refractivity contribution is 6.00. The highest BCUT2D eigenvalue weighted by Gasteiger charge is 2.20. The minimum absolute atomic E-state index is 0.231. The Labute approximate surface area is 103 Å². The van der Waals surface area contributed by atoms with Gasteiger partial charge in [0.15, 0.2) is 12.0 Å². The van der Waals surface area contributed by atoms with Gasteiger partial charge < -0.3 is 4.57 Å². The lowest BCUT2D eigenvalue weighted by Crippen LogP contribution is -1.92. The van der Waals surface area contributed by atoms with Gasteiger partial charge in [-0.3, -0.25) is 4.79 Å². The first-order chi connectivity index (χ1) is 8.74. The second-order valence-electron chi connectivity index (χ2n) is 4.15. The Bertz CT molecular complexity index is 740. The first-order valence-corrected chi connectivity index (χ1v) is 5.56. The Balaban J connectivity index is 2.42. The van der Waals surface area contributed by atoms with Crippen molar-refractivity contribution >= 4 is 17.2 Å². The molecule has 0 N–H and O–H groups in total. The Morgan fingerprint density at radius 3 is 2.83 bits per heavy atom. The average molecular weight is 241 g/mol. The number of aryl methyl sites for hydroxylation is 1. The van der Waals surface area contributed by atoms with Gasteiger partial charge in [-0.2, -0.15) is 0 Å². The van der Waals surface area contributed by atoms with Gasteiger partial charge in [0.2, 0.25) is 0 Å². The molecule has 0 unspecified atom stereocenters. The summed E-state index contributed by atoms with van der Waals surface area (Å²) in [6.07, 6.45) is 0.660. The molecule has 0 spiro atoms. The third kappa shape index (κ3) is 1.30. The monoisotopic (exact) mass is 241 g/mol. The molecule has 0 bridgehead atoms. The van der Waals surface area contributed by atoms with Gasteiger partial charge in [0.25, 0.3) is 0 Å². The molecule has 0 fully saturated rings. The molecular formula is C13H11N3O2. The quantitative estimate of drug-likeness (QED) is 0.646. The van der Waals surface area contributed by atoms with Gasteiger partial charge in [-0.25, -0.2) is 4.63 Å². The molecule has 0 radical (unpaired) electrons. The second-order valence-corrected chi connectivity index (χ2v) is 4.15. The summed E-state index contributed by atoms with van der Waals surface area (Å²) in [6.45, 7) is 1.98. The standard InChI is InChI=1S/C13H11N3O2/c1-8-12(13-10(7-17)14-18-15-13)9-5-3-4-6-11(9)16(8)2/h3-7H,1-2H3. The molecule has 18 heavy (non-hydrogen) atoms. The van der Waals surface area contributed by atoms with Crippen LogP contribution in [0.1, 0.15) is 16.2 Å². The summed E-state index contributed by atoms with van der Waals surface area (Å²) in [7, 11) is 1.98. The second kappa shape index (κ2) is 3.80. The molecule has 5 nitrogen and oxygen atoms in total. The largest absolute Gasteiger partial charge is 0.347 e. The van der Waals surface area contributed by atoms with Gasteiger partial charge in [0.05, 0.1) is 0 Å². The maximum absolute atomic E-state index is 10.9. The van der Waals surface area contributed by atoms with Crippen LogP contribution < -0.4 is 0 Å². The number of fused-ring (bicyclic) bond motifs is 1. The van der Waals surface area contributed by atoms with Crippen molar-refractivity contribution in [3.05, 3.63) is 35.7 Å². The van der Waals surface area contributed by atoms with Gasteiger partial charge in [-0.15, -0.1) is 0 Å². The minimum Gasteiger partial charge on any atom is -0.347 e. The number of carbonyl (C=O) groups excluding carboxylic acids is 1. The molecule has 3 rings (SSSR count). The van der Waals surface area contributed by atoms with Crippen LogP contribution >= 0.6 is 0 Å². The fraction of sp³-hybridized carbons (Fsp3) is 0.154. The van der Waals surface area contributed by atoms with E-state index < -0.39 is 0 Å². The molecule has 1 aromatic carbocycles. The Morgan fingerprint density at radius 2 is 2.06 bits per heavy atom. The number of rotatable bonds is 2. The van der Waals surface area contributed by atoms with E-state index in [9.17, 15) is 4.79 Å². The van der Waals surface area contributed by atoms with E-state index in [1.54, 1.807) is 0 Å². The minimum atomic E-state index is 0.231. The highest BCUT2D eigenvalue weighted by atomic mass is 16.6. The highest BCUT2D eigenvalue weighted by Crippen LogP contribution is 2.33. The van der Waals surface area contributed by atoms with E-state index in [0.717, 1.165) is 22.2 Å². The summed E-state index contributed by atoms with van der Waals surface area (Å²) in [5, 5.41) is 8.49. The van der Waals surface area contributed by atoms with E-state index in [2.05, 4.69) is 19.5 Å². The van der Waals surface area contributed by atoms with Crippen LogP contribution in [-0.2, 0) is 7.05 Å². The van der Waals surface area contributed by atoms with Crippen LogP contribution in [0.5, 0.6) is 0 Å². The van der Waals surface area contributed by atoms with Crippen molar-refractivity contribution in [1.29, 1.82) is 0 Å². The van der Waals surface area contributed by atoms with Crippen molar-refractivity contribution in [1.82, 2.24) is 14.9 Å². The summed E-state index contributed by atoms with van der Waals surface area (Å²) >= 11 is 0. The first-order valence-electron chi connectivity index (χ1n) is 5.56. The van der Waals surface area contributed by atoms with Crippen LogP contribution in [0.25, 0.3) is 22.2 Å². The molecule has 0 saturated carbocycles. The summed E-state index contributed by atoms with van der Waals surface area (Å²) in [5.41, 5.74) is 3.74. The van der Waals surface area contributed by atoms with E-state index in [1.807, 2.05) is 38.2 Å². The third-order valence-electron chi connectivity index (χ3n) is 3.26. The van der Waals surface area contributed by atoms with Crippen LogP contribution in [0.4, 0.5) is 0 Å². The molecule has 0 aliphatic heterocycles. The molecular weight excluding hydrogens is 230 g/mol. The normalized spacial score (nSPS) is 11.0. The number of hydrogen-bond donors (Lipinski definition) is 0. The van der Waals surface area contributed by atoms with Gasteiger partial charge in [0, 0.05) is 29.2 Å². The lowest BCUT2D eigenvalue weighted by atomic mass is 10.1. The SMILES string of the molecule is Cc1c(-c2nonc2C=O)c2ccccc2n1C. The number of benzene rings is 1. The van der Waals surface area contributed by atoms with Crippen LogP contribution in [0, 0.1) is 6.92 Å². The zero-order valence-electron chi connectivity index (χ0n) is 10.0. The summed E-state index contributed by atoms with van der Waals surface area (Å²) in [5.74, 6) is 0. The van der Waals surface area contributed by atoms with Crippen molar-refractivity contribution in [2.75, 3.05) is 0 Å². The number of nitrogens with zero attached hydrogens (tertiary/aromatic N) is 3. The fourth-order valence-corrected chi connectivity index (χ4v) is 2.27. The maximum atomic E-state index is 10.9. The van der Waals surface area contributed by atoms with E-state index >= 15 is 0 Å². The van der Waals surface area contributed by atoms with E-state index in [-0.39, 0.29) is 5.69 Å². The van der Waals surface area contributed by atoms with Gasteiger partial charge in [-0.1, -0.05) is 18.2 Å². The summed E-state index contributed by atoms with van der Waals surface area (Å²) < 4.78 is 6.73.